The van der Waals surface area contributed by atoms with Crippen molar-refractivity contribution >= 4 is 64.7 Å². The fourth-order valence-corrected chi connectivity index (χ4v) is 3.87. The molecule has 0 aliphatic rings. The molecule has 2 aromatic carbocycles. The summed E-state index contributed by atoms with van der Waals surface area (Å²) in [5, 5.41) is 24.4. The molecule has 2 rings (SSSR count). The number of amides is 2. The highest BCUT2D eigenvalue weighted by Crippen LogP contribution is 2.28. The summed E-state index contributed by atoms with van der Waals surface area (Å²) in [6.07, 6.45) is -1.29. The van der Waals surface area contributed by atoms with Gasteiger partial charge in [0.05, 0.1) is 17.0 Å². The number of hydrogen-bond acceptors (Lipinski definition) is 6. The molecule has 0 aromatic heterocycles. The number of rotatable bonds is 13. The molecule has 10 nitrogen and oxygen atoms in total. The number of nitrogens with zero attached hydrogens (tertiary/aromatic N) is 4. The van der Waals surface area contributed by atoms with Gasteiger partial charge in [-0.15, -0.1) is 35.6 Å². The molecular formula is C23H30Cl3N5O5. The van der Waals surface area contributed by atoms with Gasteiger partial charge in [-0.1, -0.05) is 12.1 Å². The zero-order chi connectivity index (χ0) is 26.0. The lowest BCUT2D eigenvalue weighted by atomic mass is 10.1. The molecule has 36 heavy (non-hydrogen) atoms. The number of nitro benzene ring substituents is 1. The molecule has 0 aliphatic heterocycles. The minimum absolute atomic E-state index is 0. The fourth-order valence-electron chi connectivity index (χ4n) is 3.46. The van der Waals surface area contributed by atoms with Crippen LogP contribution in [0.1, 0.15) is 15.9 Å². The van der Waals surface area contributed by atoms with Crippen molar-refractivity contribution in [3.05, 3.63) is 63.7 Å². The first-order chi connectivity index (χ1) is 16.7. The number of nitro groups is 1. The Bertz CT molecular complexity index is 1020. The number of likely N-dealkylation sites (N-methyl/N-ethyl adjacent to an activating group) is 1. The van der Waals surface area contributed by atoms with Crippen LogP contribution in [-0.2, 0) is 6.54 Å². The summed E-state index contributed by atoms with van der Waals surface area (Å²) in [5.74, 6) is 0.218. The Morgan fingerprint density at radius 3 is 2.08 bits per heavy atom. The number of carbonyl (C=O) groups excluding carboxylic acids is 1. The summed E-state index contributed by atoms with van der Waals surface area (Å²) in [5.41, 5.74) is 0.710. The predicted octanol–water partition coefficient (Wildman–Crippen LogP) is 4.28. The van der Waals surface area contributed by atoms with Crippen molar-refractivity contribution < 1.29 is 19.6 Å². The van der Waals surface area contributed by atoms with Gasteiger partial charge in [-0.05, 0) is 44.4 Å². The van der Waals surface area contributed by atoms with Gasteiger partial charge in [-0.25, -0.2) is 4.79 Å². The SMILES string of the molecule is CN(C)CCNC(=O)c1cccc(CN(C(=O)O)c2ccc(N(CCCl)CCCl)cc2)c1[N+](=O)[O-].Cl. The van der Waals surface area contributed by atoms with Crippen LogP contribution in [0.3, 0.4) is 0 Å². The maximum Gasteiger partial charge on any atom is 0.412 e. The Morgan fingerprint density at radius 1 is 1.00 bits per heavy atom. The monoisotopic (exact) mass is 561 g/mol. The molecule has 0 aliphatic carbocycles. The number of nitrogens with one attached hydrogen (secondary N) is 1. The number of carboxylic acid groups (broad SMARTS) is 1. The van der Waals surface area contributed by atoms with Gasteiger partial charge in [-0.3, -0.25) is 19.8 Å². The van der Waals surface area contributed by atoms with Crippen molar-refractivity contribution in [3.63, 3.8) is 0 Å². The fraction of sp³-hybridized carbons (Fsp3) is 0.391. The van der Waals surface area contributed by atoms with E-state index in [4.69, 9.17) is 23.2 Å². The number of benzene rings is 2. The normalized spacial score (nSPS) is 10.5. The number of para-hydroxylation sites is 1. The largest absolute Gasteiger partial charge is 0.465 e. The molecule has 2 aromatic rings. The Hall–Kier alpha value is -2.79. The van der Waals surface area contributed by atoms with Crippen molar-refractivity contribution in [2.45, 2.75) is 6.54 Å². The standard InChI is InChI=1S/C23H29Cl2N5O5.ClH/c1-27(2)15-12-26-22(31)20-5-3-4-17(21(20)30(34)35)16-29(23(32)33)19-8-6-18(7-9-19)28(13-10-24)14-11-25;/h3-9H,10-16H2,1-2H3,(H,26,31)(H,32,33);1H. The van der Waals surface area contributed by atoms with Crippen LogP contribution in [0.5, 0.6) is 0 Å². The lowest BCUT2D eigenvalue weighted by molar-refractivity contribution is -0.385. The molecule has 0 bridgehead atoms. The molecule has 0 fully saturated rings. The molecule has 0 atom stereocenters. The van der Waals surface area contributed by atoms with Crippen LogP contribution in [0.2, 0.25) is 0 Å². The first-order valence-electron chi connectivity index (χ1n) is 10.9. The average Bonchev–Trinajstić information content (AvgIpc) is 2.81. The third-order valence-electron chi connectivity index (χ3n) is 5.19. The minimum atomic E-state index is -1.29. The van der Waals surface area contributed by atoms with Crippen molar-refractivity contribution in [1.82, 2.24) is 10.2 Å². The molecule has 0 spiro atoms. The topological polar surface area (TPSA) is 119 Å². The molecular weight excluding hydrogens is 533 g/mol. The van der Waals surface area contributed by atoms with Crippen molar-refractivity contribution in [2.24, 2.45) is 0 Å². The second kappa shape index (κ2) is 15.4. The average molecular weight is 563 g/mol. The van der Waals surface area contributed by atoms with E-state index < -0.39 is 22.6 Å². The number of alkyl halides is 2. The zero-order valence-corrected chi connectivity index (χ0v) is 22.4. The van der Waals surface area contributed by atoms with Gasteiger partial charge in [0.15, 0.2) is 0 Å². The smallest absolute Gasteiger partial charge is 0.412 e. The van der Waals surface area contributed by atoms with Crippen LogP contribution in [0, 0.1) is 10.1 Å². The van der Waals surface area contributed by atoms with Gasteiger partial charge in [0.25, 0.3) is 11.6 Å². The summed E-state index contributed by atoms with van der Waals surface area (Å²) in [6.45, 7) is 1.72. The number of anilines is 2. The Labute approximate surface area is 226 Å². The first kappa shape index (κ1) is 31.2. The molecule has 0 saturated heterocycles. The molecule has 13 heteroatoms. The summed E-state index contributed by atoms with van der Waals surface area (Å²) in [4.78, 5) is 40.7. The highest BCUT2D eigenvalue weighted by molar-refractivity contribution is 6.18. The number of carbonyl (C=O) groups is 2. The van der Waals surface area contributed by atoms with E-state index in [2.05, 4.69) is 5.32 Å². The van der Waals surface area contributed by atoms with E-state index in [1.807, 2.05) is 23.9 Å². The Balaban J connectivity index is 0.00000648. The third kappa shape index (κ3) is 8.70. The summed E-state index contributed by atoms with van der Waals surface area (Å²) >= 11 is 11.7. The van der Waals surface area contributed by atoms with E-state index in [9.17, 15) is 24.8 Å². The van der Waals surface area contributed by atoms with Crippen LogP contribution >= 0.6 is 35.6 Å². The van der Waals surface area contributed by atoms with Gasteiger partial charge in [-0.2, -0.15) is 0 Å². The van der Waals surface area contributed by atoms with Gasteiger partial charge in [0, 0.05) is 49.3 Å². The zero-order valence-electron chi connectivity index (χ0n) is 20.0. The molecule has 0 radical (unpaired) electrons. The van der Waals surface area contributed by atoms with E-state index in [-0.39, 0.29) is 30.1 Å². The maximum absolute atomic E-state index is 12.6. The lowest BCUT2D eigenvalue weighted by Crippen LogP contribution is -2.32. The molecule has 0 unspecified atom stereocenters. The van der Waals surface area contributed by atoms with Gasteiger partial charge >= 0.3 is 6.09 Å². The second-order valence-corrected chi connectivity index (χ2v) is 8.64. The van der Waals surface area contributed by atoms with E-state index in [0.717, 1.165) is 10.6 Å². The van der Waals surface area contributed by atoms with Gasteiger partial charge in [0.1, 0.15) is 5.56 Å². The molecule has 198 valence electrons. The summed E-state index contributed by atoms with van der Waals surface area (Å²) < 4.78 is 0. The third-order valence-corrected chi connectivity index (χ3v) is 5.52. The molecule has 2 amide bonds. The van der Waals surface area contributed by atoms with Gasteiger partial charge in [0.2, 0.25) is 0 Å². The van der Waals surface area contributed by atoms with E-state index in [1.54, 1.807) is 24.3 Å². The van der Waals surface area contributed by atoms with Crippen molar-refractivity contribution in [1.29, 1.82) is 0 Å². The van der Waals surface area contributed by atoms with E-state index >= 15 is 0 Å². The number of halogens is 3. The summed E-state index contributed by atoms with van der Waals surface area (Å²) in [6, 6.07) is 11.0. The van der Waals surface area contributed by atoms with Crippen molar-refractivity contribution in [3.8, 4) is 0 Å². The molecule has 2 N–H and O–H groups in total. The first-order valence-corrected chi connectivity index (χ1v) is 11.9. The highest BCUT2D eigenvalue weighted by Gasteiger charge is 2.27. The van der Waals surface area contributed by atoms with Gasteiger partial charge < -0.3 is 20.2 Å². The van der Waals surface area contributed by atoms with Crippen LogP contribution < -0.4 is 15.1 Å². The second-order valence-electron chi connectivity index (χ2n) is 7.88. The lowest BCUT2D eigenvalue weighted by Gasteiger charge is -2.24. The molecule has 0 heterocycles. The van der Waals surface area contributed by atoms with Crippen LogP contribution in [0.4, 0.5) is 21.9 Å². The Morgan fingerprint density at radius 2 is 1.58 bits per heavy atom. The van der Waals surface area contributed by atoms with Crippen LogP contribution in [0.25, 0.3) is 0 Å². The predicted molar refractivity (Wildman–Crippen MR) is 146 cm³/mol. The highest BCUT2D eigenvalue weighted by atomic mass is 35.5. The van der Waals surface area contributed by atoms with Crippen LogP contribution in [0.15, 0.2) is 42.5 Å². The number of hydrogen-bond donors (Lipinski definition) is 2. The minimum Gasteiger partial charge on any atom is -0.465 e. The maximum atomic E-state index is 12.6. The van der Waals surface area contributed by atoms with E-state index in [0.29, 0.717) is 43.6 Å². The quantitative estimate of drug-likeness (QED) is 0.212. The summed E-state index contributed by atoms with van der Waals surface area (Å²) in [7, 11) is 3.69. The van der Waals surface area contributed by atoms with Crippen molar-refractivity contribution in [2.75, 3.05) is 61.8 Å². The Kier molecular flexibility index (Phi) is 13.3. The molecule has 0 saturated carbocycles. The van der Waals surface area contributed by atoms with Crippen LogP contribution in [-0.4, -0.2) is 79.0 Å². The van der Waals surface area contributed by atoms with E-state index in [1.165, 1.54) is 18.2 Å².